The molecular weight excluding hydrogens is 236 g/mol. The first-order chi connectivity index (χ1) is 8.66. The third-order valence-corrected chi connectivity index (χ3v) is 2.58. The van der Waals surface area contributed by atoms with E-state index in [-0.39, 0.29) is 11.9 Å². The highest BCUT2D eigenvalue weighted by atomic mass is 16.7. The number of amides is 1. The van der Waals surface area contributed by atoms with Gasteiger partial charge in [0.1, 0.15) is 0 Å². The molecule has 1 atom stereocenters. The van der Waals surface area contributed by atoms with Crippen molar-refractivity contribution in [3.63, 3.8) is 0 Å². The molecule has 100 valence electrons. The van der Waals surface area contributed by atoms with Crippen LogP contribution in [0.25, 0.3) is 0 Å². The van der Waals surface area contributed by atoms with Crippen molar-refractivity contribution in [3.05, 3.63) is 11.7 Å². The number of nitrogens with one attached hydrogen (secondary N) is 2. The summed E-state index contributed by atoms with van der Waals surface area (Å²) in [4.78, 5) is 20.7. The van der Waals surface area contributed by atoms with Gasteiger partial charge in [-0.15, -0.1) is 0 Å². The predicted molar refractivity (Wildman–Crippen MR) is 62.5 cm³/mol. The van der Waals surface area contributed by atoms with E-state index in [9.17, 15) is 4.79 Å². The Morgan fingerprint density at radius 2 is 2.50 bits per heavy atom. The minimum atomic E-state index is -0.483. The molecule has 0 aromatic carbocycles. The summed E-state index contributed by atoms with van der Waals surface area (Å²) in [5.74, 6) is 0.321. The van der Waals surface area contributed by atoms with Crippen molar-refractivity contribution in [2.24, 2.45) is 5.92 Å². The molecule has 1 aromatic rings. The normalized spacial score (nSPS) is 19.4. The summed E-state index contributed by atoms with van der Waals surface area (Å²) in [6.07, 6.45) is 2.03. The van der Waals surface area contributed by atoms with Crippen LogP contribution < -0.4 is 10.8 Å². The van der Waals surface area contributed by atoms with Crippen LogP contribution in [0.1, 0.15) is 49.2 Å². The van der Waals surface area contributed by atoms with E-state index in [1.165, 1.54) is 0 Å². The molecule has 7 heteroatoms. The second-order valence-corrected chi connectivity index (χ2v) is 4.74. The van der Waals surface area contributed by atoms with E-state index < -0.39 is 5.91 Å². The van der Waals surface area contributed by atoms with Crippen LogP contribution in [0.5, 0.6) is 0 Å². The monoisotopic (exact) mass is 254 g/mol. The van der Waals surface area contributed by atoms with Gasteiger partial charge in [-0.05, 0) is 25.3 Å². The smallest absolute Gasteiger partial charge is 0.316 e. The topological polar surface area (TPSA) is 89.3 Å². The lowest BCUT2D eigenvalue weighted by atomic mass is 10.2. The lowest BCUT2D eigenvalue weighted by Crippen LogP contribution is -2.26. The van der Waals surface area contributed by atoms with Gasteiger partial charge in [-0.25, -0.2) is 5.48 Å². The largest absolute Gasteiger partial charge is 0.337 e. The van der Waals surface area contributed by atoms with Crippen LogP contribution in [0, 0.1) is 5.92 Å². The molecule has 0 radical (unpaired) electrons. The Morgan fingerprint density at radius 3 is 3.17 bits per heavy atom. The number of rotatable bonds is 5. The molecule has 1 fully saturated rings. The minimum Gasteiger partial charge on any atom is -0.337 e. The molecule has 2 N–H and O–H groups in total. The molecule has 1 aliphatic heterocycles. The zero-order chi connectivity index (χ0) is 13.0. The van der Waals surface area contributed by atoms with Gasteiger partial charge in [-0.2, -0.15) is 4.98 Å². The van der Waals surface area contributed by atoms with Crippen LogP contribution in [0.3, 0.4) is 0 Å². The Hall–Kier alpha value is -1.47. The van der Waals surface area contributed by atoms with Crippen LogP contribution in [-0.4, -0.2) is 29.2 Å². The van der Waals surface area contributed by atoms with Gasteiger partial charge in [0.2, 0.25) is 5.89 Å². The standard InChI is InChI=1S/C11H18N4O3/c1-7(2)6-17-15-10(16)9-13-11(18-14-9)8-4-3-5-12-8/h7-8,12H,3-6H2,1-2H3,(H,15,16). The van der Waals surface area contributed by atoms with Gasteiger partial charge < -0.3 is 9.84 Å². The molecule has 1 aromatic heterocycles. The maximum atomic E-state index is 11.6. The molecule has 2 rings (SSSR count). The van der Waals surface area contributed by atoms with Crippen molar-refractivity contribution in [2.45, 2.75) is 32.7 Å². The van der Waals surface area contributed by atoms with Gasteiger partial charge in [-0.3, -0.25) is 9.63 Å². The van der Waals surface area contributed by atoms with Crippen molar-refractivity contribution in [1.29, 1.82) is 0 Å². The quantitative estimate of drug-likeness (QED) is 0.756. The molecule has 0 spiro atoms. The zero-order valence-corrected chi connectivity index (χ0v) is 10.6. The first-order valence-corrected chi connectivity index (χ1v) is 6.16. The molecule has 1 amide bonds. The predicted octanol–water partition coefficient (Wildman–Crippen LogP) is 0.811. The summed E-state index contributed by atoms with van der Waals surface area (Å²) >= 11 is 0. The summed E-state index contributed by atoms with van der Waals surface area (Å²) in [6, 6.07) is 0.0654. The Morgan fingerprint density at radius 1 is 1.67 bits per heavy atom. The molecule has 1 unspecified atom stereocenters. The molecule has 1 aliphatic rings. The van der Waals surface area contributed by atoms with Crippen LogP contribution in [0.2, 0.25) is 0 Å². The van der Waals surface area contributed by atoms with Gasteiger partial charge in [0.05, 0.1) is 12.6 Å². The highest BCUT2D eigenvalue weighted by molar-refractivity contribution is 5.89. The van der Waals surface area contributed by atoms with Crippen LogP contribution in [0.15, 0.2) is 4.52 Å². The van der Waals surface area contributed by atoms with Gasteiger partial charge >= 0.3 is 5.91 Å². The lowest BCUT2D eigenvalue weighted by Gasteiger charge is -2.05. The number of hydrogen-bond acceptors (Lipinski definition) is 6. The third-order valence-electron chi connectivity index (χ3n) is 2.58. The van der Waals surface area contributed by atoms with E-state index in [2.05, 4.69) is 20.9 Å². The van der Waals surface area contributed by atoms with Crippen LogP contribution >= 0.6 is 0 Å². The molecule has 0 aliphatic carbocycles. The van der Waals surface area contributed by atoms with Gasteiger partial charge in [0, 0.05) is 0 Å². The van der Waals surface area contributed by atoms with E-state index >= 15 is 0 Å². The average Bonchev–Trinajstić information content (AvgIpc) is 2.99. The van der Waals surface area contributed by atoms with Crippen molar-refractivity contribution < 1.29 is 14.2 Å². The van der Waals surface area contributed by atoms with Gasteiger partial charge in [-0.1, -0.05) is 19.0 Å². The maximum Gasteiger partial charge on any atom is 0.316 e. The van der Waals surface area contributed by atoms with E-state index in [4.69, 9.17) is 9.36 Å². The summed E-state index contributed by atoms with van der Waals surface area (Å²) in [6.45, 7) is 5.36. The first-order valence-electron chi connectivity index (χ1n) is 6.16. The fourth-order valence-corrected chi connectivity index (χ4v) is 1.68. The Balaban J connectivity index is 1.86. The molecule has 1 saturated heterocycles. The number of nitrogens with zero attached hydrogens (tertiary/aromatic N) is 2. The van der Waals surface area contributed by atoms with E-state index in [0.717, 1.165) is 19.4 Å². The fourth-order valence-electron chi connectivity index (χ4n) is 1.68. The van der Waals surface area contributed by atoms with Crippen molar-refractivity contribution >= 4 is 5.91 Å². The second kappa shape index (κ2) is 5.92. The van der Waals surface area contributed by atoms with E-state index in [0.29, 0.717) is 18.4 Å². The maximum absolute atomic E-state index is 11.6. The zero-order valence-electron chi connectivity index (χ0n) is 10.6. The van der Waals surface area contributed by atoms with Crippen molar-refractivity contribution in [1.82, 2.24) is 20.9 Å². The Kier molecular flexibility index (Phi) is 4.27. The second-order valence-electron chi connectivity index (χ2n) is 4.74. The molecule has 7 nitrogen and oxygen atoms in total. The van der Waals surface area contributed by atoms with Crippen molar-refractivity contribution in [3.8, 4) is 0 Å². The van der Waals surface area contributed by atoms with Crippen LogP contribution in [-0.2, 0) is 4.84 Å². The summed E-state index contributed by atoms with van der Waals surface area (Å²) < 4.78 is 5.06. The van der Waals surface area contributed by atoms with Crippen LogP contribution in [0.4, 0.5) is 0 Å². The summed E-state index contributed by atoms with van der Waals surface area (Å²) in [5.41, 5.74) is 2.29. The highest BCUT2D eigenvalue weighted by Crippen LogP contribution is 2.20. The molecular formula is C11H18N4O3. The average molecular weight is 254 g/mol. The van der Waals surface area contributed by atoms with Gasteiger partial charge in [0.15, 0.2) is 0 Å². The SMILES string of the molecule is CC(C)CONC(=O)c1noc(C2CCCN2)n1. The number of carbonyl (C=O) groups is 1. The molecule has 0 bridgehead atoms. The molecule has 2 heterocycles. The summed E-state index contributed by atoms with van der Waals surface area (Å²) in [7, 11) is 0. The number of carbonyl (C=O) groups excluding carboxylic acids is 1. The molecule has 0 saturated carbocycles. The Bertz CT molecular complexity index is 399. The third kappa shape index (κ3) is 3.27. The van der Waals surface area contributed by atoms with Crippen molar-refractivity contribution in [2.75, 3.05) is 13.2 Å². The number of hydroxylamine groups is 1. The lowest BCUT2D eigenvalue weighted by molar-refractivity contribution is 0.0198. The van der Waals surface area contributed by atoms with E-state index in [1.54, 1.807) is 0 Å². The van der Waals surface area contributed by atoms with Gasteiger partial charge in [0.25, 0.3) is 5.82 Å². The summed E-state index contributed by atoms with van der Waals surface area (Å²) in [5, 5.41) is 6.86. The minimum absolute atomic E-state index is 0.00227. The first kappa shape index (κ1) is 13.0. The number of hydrogen-bond donors (Lipinski definition) is 2. The number of aromatic nitrogens is 2. The highest BCUT2D eigenvalue weighted by Gasteiger charge is 2.24. The fraction of sp³-hybridized carbons (Fsp3) is 0.727. The Labute approximate surface area is 105 Å². The van der Waals surface area contributed by atoms with E-state index in [1.807, 2.05) is 13.8 Å². The molecule has 18 heavy (non-hydrogen) atoms.